The number of sulfonamides is 1. The molecule has 0 radical (unpaired) electrons. The minimum atomic E-state index is -3.57. The maximum absolute atomic E-state index is 11.8. The molecule has 1 rings (SSSR count). The topological polar surface area (TPSA) is 89.3 Å². The van der Waals surface area contributed by atoms with E-state index < -0.39 is 10.0 Å². The summed E-state index contributed by atoms with van der Waals surface area (Å²) in [7, 11) is -3.57. The van der Waals surface area contributed by atoms with Crippen molar-refractivity contribution in [2.75, 3.05) is 13.1 Å². The molecule has 0 saturated heterocycles. The Bertz CT molecular complexity index is 503. The smallest absolute Gasteiger partial charge is 0.240 e. The van der Waals surface area contributed by atoms with Gasteiger partial charge in [-0.15, -0.1) is 12.4 Å². The lowest BCUT2D eigenvalue weighted by molar-refractivity contribution is 0.0988. The van der Waals surface area contributed by atoms with Gasteiger partial charge in [0.1, 0.15) is 0 Å². The second-order valence-corrected chi connectivity index (χ2v) is 5.26. The molecule has 18 heavy (non-hydrogen) atoms. The Kier molecular flexibility index (Phi) is 7.08. The van der Waals surface area contributed by atoms with Gasteiger partial charge in [0.15, 0.2) is 5.78 Å². The Hall–Kier alpha value is -0.950. The van der Waals surface area contributed by atoms with Crippen LogP contribution in [0.2, 0.25) is 0 Å². The fourth-order valence-electron chi connectivity index (χ4n) is 1.32. The summed E-state index contributed by atoms with van der Waals surface area (Å²) in [6.45, 7) is 2.14. The molecule has 102 valence electrons. The van der Waals surface area contributed by atoms with Gasteiger partial charge in [-0.05, 0) is 12.1 Å². The summed E-state index contributed by atoms with van der Waals surface area (Å²) >= 11 is 0. The molecule has 3 N–H and O–H groups in total. The van der Waals surface area contributed by atoms with Crippen LogP contribution >= 0.6 is 12.4 Å². The average molecular weight is 293 g/mol. The van der Waals surface area contributed by atoms with Gasteiger partial charge in [0.2, 0.25) is 10.0 Å². The van der Waals surface area contributed by atoms with E-state index in [2.05, 4.69) is 4.72 Å². The van der Waals surface area contributed by atoms with Crippen LogP contribution in [-0.2, 0) is 10.0 Å². The summed E-state index contributed by atoms with van der Waals surface area (Å²) in [6.07, 6.45) is 0.347. The van der Waals surface area contributed by atoms with E-state index in [0.717, 1.165) is 0 Å². The number of nitrogens with two attached hydrogens (primary N) is 1. The minimum Gasteiger partial charge on any atom is -0.329 e. The zero-order valence-corrected chi connectivity index (χ0v) is 11.7. The highest BCUT2D eigenvalue weighted by atomic mass is 35.5. The molecular weight excluding hydrogens is 276 g/mol. The molecule has 0 atom stereocenters. The monoisotopic (exact) mass is 292 g/mol. The van der Waals surface area contributed by atoms with Gasteiger partial charge >= 0.3 is 0 Å². The average Bonchev–Trinajstić information content (AvgIpc) is 2.35. The normalized spacial score (nSPS) is 10.8. The van der Waals surface area contributed by atoms with Crippen molar-refractivity contribution >= 4 is 28.2 Å². The summed E-state index contributed by atoms with van der Waals surface area (Å²) in [5, 5.41) is 0. The van der Waals surface area contributed by atoms with Crippen molar-refractivity contribution in [1.82, 2.24) is 4.72 Å². The molecule has 0 heterocycles. The van der Waals surface area contributed by atoms with E-state index in [1.54, 1.807) is 19.1 Å². The number of benzene rings is 1. The predicted molar refractivity (Wildman–Crippen MR) is 72.6 cm³/mol. The van der Waals surface area contributed by atoms with E-state index >= 15 is 0 Å². The highest BCUT2D eigenvalue weighted by Crippen LogP contribution is 2.12. The number of carbonyl (C=O) groups excluding carboxylic acids is 1. The number of ketones is 1. The first-order valence-corrected chi connectivity index (χ1v) is 6.82. The van der Waals surface area contributed by atoms with Crippen LogP contribution < -0.4 is 10.5 Å². The zero-order valence-electron chi connectivity index (χ0n) is 10.0. The fraction of sp³-hybridized carbons (Fsp3) is 0.364. The zero-order chi connectivity index (χ0) is 12.9. The summed E-state index contributed by atoms with van der Waals surface area (Å²) in [5.74, 6) is -0.0825. The summed E-state index contributed by atoms with van der Waals surface area (Å²) in [4.78, 5) is 11.6. The lowest BCUT2D eigenvalue weighted by atomic mass is 10.1. The maximum Gasteiger partial charge on any atom is 0.240 e. The number of nitrogens with one attached hydrogen (secondary N) is 1. The number of hydrogen-bond donors (Lipinski definition) is 2. The lowest BCUT2D eigenvalue weighted by Gasteiger charge is -2.06. The number of rotatable bonds is 6. The standard InChI is InChI=1S/C11H16N2O3S.ClH/c1-2-11(14)9-4-3-5-10(8-9)17(15,16)13-7-6-12;/h3-5,8,13H,2,6-7,12H2,1H3;1H. The second kappa shape index (κ2) is 7.48. The predicted octanol–water partition coefficient (Wildman–Crippen LogP) is 0.938. The van der Waals surface area contributed by atoms with Gasteiger partial charge in [0.05, 0.1) is 4.90 Å². The lowest BCUT2D eigenvalue weighted by Crippen LogP contribution is -2.29. The molecule has 0 amide bonds. The first-order chi connectivity index (χ1) is 8.01. The number of Topliss-reactive ketones (excluding diaryl/α,β-unsaturated/α-hetero) is 1. The van der Waals surface area contributed by atoms with Crippen LogP contribution in [0.1, 0.15) is 23.7 Å². The van der Waals surface area contributed by atoms with Crippen molar-refractivity contribution in [1.29, 1.82) is 0 Å². The molecule has 0 unspecified atom stereocenters. The molecule has 0 aliphatic carbocycles. The highest BCUT2D eigenvalue weighted by Gasteiger charge is 2.14. The molecule has 7 heteroatoms. The van der Waals surface area contributed by atoms with Crippen LogP contribution in [0.3, 0.4) is 0 Å². The highest BCUT2D eigenvalue weighted by molar-refractivity contribution is 7.89. The van der Waals surface area contributed by atoms with E-state index in [9.17, 15) is 13.2 Å². The third-order valence-electron chi connectivity index (χ3n) is 2.22. The van der Waals surface area contributed by atoms with Gasteiger partial charge in [0, 0.05) is 25.1 Å². The fourth-order valence-corrected chi connectivity index (χ4v) is 2.41. The largest absolute Gasteiger partial charge is 0.329 e. The minimum absolute atomic E-state index is 0. The van der Waals surface area contributed by atoms with Gasteiger partial charge in [-0.25, -0.2) is 13.1 Å². The first-order valence-electron chi connectivity index (χ1n) is 5.34. The quantitative estimate of drug-likeness (QED) is 0.764. The van der Waals surface area contributed by atoms with Crippen LogP contribution in [-0.4, -0.2) is 27.3 Å². The molecule has 0 saturated carbocycles. The third-order valence-corrected chi connectivity index (χ3v) is 3.68. The molecule has 0 bridgehead atoms. The van der Waals surface area contributed by atoms with E-state index in [1.807, 2.05) is 0 Å². The van der Waals surface area contributed by atoms with Gasteiger partial charge in [0.25, 0.3) is 0 Å². The van der Waals surface area contributed by atoms with Crippen LogP contribution in [0.15, 0.2) is 29.2 Å². The van der Waals surface area contributed by atoms with Crippen molar-refractivity contribution in [3.05, 3.63) is 29.8 Å². The van der Waals surface area contributed by atoms with Gasteiger partial charge in [-0.2, -0.15) is 0 Å². The van der Waals surface area contributed by atoms with E-state index in [-0.39, 0.29) is 36.2 Å². The van der Waals surface area contributed by atoms with Crippen molar-refractivity contribution < 1.29 is 13.2 Å². The molecule has 0 aliphatic rings. The molecule has 0 fully saturated rings. The Morgan fingerprint density at radius 1 is 1.39 bits per heavy atom. The molecule has 1 aromatic carbocycles. The van der Waals surface area contributed by atoms with Gasteiger partial charge in [-0.3, -0.25) is 4.79 Å². The van der Waals surface area contributed by atoms with Crippen LogP contribution in [0.5, 0.6) is 0 Å². The Morgan fingerprint density at radius 3 is 2.61 bits per heavy atom. The SMILES string of the molecule is CCC(=O)c1cccc(S(=O)(=O)NCCN)c1.Cl. The van der Waals surface area contributed by atoms with E-state index in [0.29, 0.717) is 12.0 Å². The third kappa shape index (κ3) is 4.38. The molecular formula is C11H17ClN2O3S. The molecule has 0 aliphatic heterocycles. The Balaban J connectivity index is 0.00000289. The molecule has 1 aromatic rings. The Labute approximate surface area is 113 Å². The van der Waals surface area contributed by atoms with E-state index in [4.69, 9.17) is 5.73 Å². The van der Waals surface area contributed by atoms with Crippen LogP contribution in [0, 0.1) is 0 Å². The van der Waals surface area contributed by atoms with Crippen LogP contribution in [0.25, 0.3) is 0 Å². The van der Waals surface area contributed by atoms with E-state index in [1.165, 1.54) is 12.1 Å². The Morgan fingerprint density at radius 2 is 2.06 bits per heavy atom. The summed E-state index contributed by atoms with van der Waals surface area (Å²) in [6, 6.07) is 5.99. The van der Waals surface area contributed by atoms with Crippen molar-refractivity contribution in [3.63, 3.8) is 0 Å². The maximum atomic E-state index is 11.8. The molecule has 0 spiro atoms. The van der Waals surface area contributed by atoms with Gasteiger partial charge in [-0.1, -0.05) is 19.1 Å². The molecule has 0 aromatic heterocycles. The summed E-state index contributed by atoms with van der Waals surface area (Å²) in [5.41, 5.74) is 5.64. The number of halogens is 1. The summed E-state index contributed by atoms with van der Waals surface area (Å²) < 4.78 is 25.9. The number of carbonyl (C=O) groups is 1. The van der Waals surface area contributed by atoms with Gasteiger partial charge < -0.3 is 5.73 Å². The van der Waals surface area contributed by atoms with Crippen molar-refractivity contribution in [2.45, 2.75) is 18.2 Å². The van der Waals surface area contributed by atoms with Crippen molar-refractivity contribution in [3.8, 4) is 0 Å². The number of hydrogen-bond acceptors (Lipinski definition) is 4. The van der Waals surface area contributed by atoms with Crippen LogP contribution in [0.4, 0.5) is 0 Å². The van der Waals surface area contributed by atoms with Crippen molar-refractivity contribution in [2.24, 2.45) is 5.73 Å². The molecule has 5 nitrogen and oxygen atoms in total. The first kappa shape index (κ1) is 17.1. The second-order valence-electron chi connectivity index (χ2n) is 3.49.